The van der Waals surface area contributed by atoms with Gasteiger partial charge >= 0.3 is 15.3 Å². The van der Waals surface area contributed by atoms with Crippen molar-refractivity contribution in [2.24, 2.45) is 0 Å². The average Bonchev–Trinajstić information content (AvgIpc) is 2.03. The molecule has 0 saturated heterocycles. The van der Waals surface area contributed by atoms with Crippen LogP contribution in [0.5, 0.6) is 0 Å². The highest BCUT2D eigenvalue weighted by molar-refractivity contribution is 8.10. The summed E-state index contributed by atoms with van der Waals surface area (Å²) in [5, 5.41) is 0. The van der Waals surface area contributed by atoms with Crippen molar-refractivity contribution in [2.45, 2.75) is 0 Å². The van der Waals surface area contributed by atoms with E-state index in [1.165, 1.54) is 12.1 Å². The highest BCUT2D eigenvalue weighted by Crippen LogP contribution is 2.06. The van der Waals surface area contributed by atoms with Gasteiger partial charge in [-0.1, -0.05) is 18.2 Å². The molecule has 0 aromatic heterocycles. The molecule has 0 N–H and O–H groups in total. The van der Waals surface area contributed by atoms with Crippen LogP contribution in [0.25, 0.3) is 0 Å². The Morgan fingerprint density at radius 2 is 1.77 bits per heavy atom. The van der Waals surface area contributed by atoms with Crippen LogP contribution in [-0.2, 0) is 13.5 Å². The van der Waals surface area contributed by atoms with E-state index in [1.54, 1.807) is 18.2 Å². The van der Waals surface area contributed by atoms with Gasteiger partial charge in [0.25, 0.3) is 0 Å². The Labute approximate surface area is 79.7 Å². The van der Waals surface area contributed by atoms with Crippen LogP contribution >= 0.6 is 10.7 Å². The van der Waals surface area contributed by atoms with Crippen molar-refractivity contribution < 1.29 is 17.4 Å². The predicted molar refractivity (Wildman–Crippen MR) is 46.6 cm³/mol. The Bertz CT molecular complexity index is 398. The van der Waals surface area contributed by atoms with Crippen molar-refractivity contribution in [2.75, 3.05) is 0 Å². The maximum Gasteiger partial charge on any atom is 0.404 e. The van der Waals surface area contributed by atoms with Crippen molar-refractivity contribution in [3.05, 3.63) is 35.9 Å². The summed E-state index contributed by atoms with van der Waals surface area (Å²) in [5.74, 6) is -0.990. The smallest absolute Gasteiger partial charge is 0.330 e. The summed E-state index contributed by atoms with van der Waals surface area (Å²) < 4.78 is 24.6. The summed E-state index contributed by atoms with van der Waals surface area (Å²) >= 11 is 0. The van der Waals surface area contributed by atoms with E-state index in [4.69, 9.17) is 10.7 Å². The van der Waals surface area contributed by atoms with Crippen LogP contribution in [0.15, 0.2) is 30.3 Å². The molecule has 0 amide bonds. The van der Waals surface area contributed by atoms with Crippen molar-refractivity contribution in [1.82, 2.24) is 0 Å². The van der Waals surface area contributed by atoms with E-state index in [1.807, 2.05) is 0 Å². The normalized spacial score (nSPS) is 10.8. The zero-order valence-corrected chi connectivity index (χ0v) is 7.88. The van der Waals surface area contributed by atoms with Gasteiger partial charge in [0.2, 0.25) is 0 Å². The molecular formula is C7H5ClO4S. The Morgan fingerprint density at radius 3 is 2.23 bits per heavy atom. The highest BCUT2D eigenvalue weighted by Gasteiger charge is 2.14. The van der Waals surface area contributed by atoms with E-state index in [-0.39, 0.29) is 5.56 Å². The molecule has 0 spiro atoms. The molecule has 6 heteroatoms. The largest absolute Gasteiger partial charge is 0.404 e. The lowest BCUT2D eigenvalue weighted by Gasteiger charge is -1.98. The fourth-order valence-corrected chi connectivity index (χ4v) is 1.16. The molecule has 0 bridgehead atoms. The standard InChI is InChI=1S/C7H5ClO4S/c8-13(10,11)12-7(9)6-4-2-1-3-5-6/h1-5H. The third-order valence-electron chi connectivity index (χ3n) is 1.18. The summed E-state index contributed by atoms with van der Waals surface area (Å²) in [6.45, 7) is 0. The van der Waals surface area contributed by atoms with Crippen LogP contribution in [0.2, 0.25) is 0 Å². The number of hydrogen-bond donors (Lipinski definition) is 0. The van der Waals surface area contributed by atoms with Crippen LogP contribution in [0.3, 0.4) is 0 Å². The summed E-state index contributed by atoms with van der Waals surface area (Å²) in [4.78, 5) is 11.0. The minimum absolute atomic E-state index is 0.131. The second-order valence-corrected chi connectivity index (χ2v) is 4.22. The van der Waals surface area contributed by atoms with Crippen LogP contribution in [0, 0.1) is 0 Å². The molecule has 0 aliphatic rings. The molecule has 0 fully saturated rings. The van der Waals surface area contributed by atoms with Crippen LogP contribution in [-0.4, -0.2) is 14.4 Å². The number of rotatable bonds is 2. The Morgan fingerprint density at radius 1 is 1.23 bits per heavy atom. The van der Waals surface area contributed by atoms with E-state index < -0.39 is 15.3 Å². The zero-order chi connectivity index (χ0) is 9.90. The molecule has 0 unspecified atom stereocenters. The van der Waals surface area contributed by atoms with Gasteiger partial charge in [-0.2, -0.15) is 8.42 Å². The molecule has 1 aromatic carbocycles. The third-order valence-corrected chi connectivity index (χ3v) is 1.72. The second kappa shape index (κ2) is 3.76. The lowest BCUT2D eigenvalue weighted by atomic mass is 10.2. The van der Waals surface area contributed by atoms with Gasteiger partial charge in [-0.25, -0.2) is 4.79 Å². The average molecular weight is 221 g/mol. The maximum atomic E-state index is 11.0. The minimum Gasteiger partial charge on any atom is -0.330 e. The Hall–Kier alpha value is -1.07. The van der Waals surface area contributed by atoms with E-state index in [9.17, 15) is 13.2 Å². The topological polar surface area (TPSA) is 60.4 Å². The molecule has 1 rings (SSSR count). The fourth-order valence-electron chi connectivity index (χ4n) is 0.713. The van der Waals surface area contributed by atoms with E-state index in [0.717, 1.165) is 0 Å². The van der Waals surface area contributed by atoms with Gasteiger partial charge in [0.15, 0.2) is 0 Å². The van der Waals surface area contributed by atoms with Gasteiger partial charge < -0.3 is 4.18 Å². The first-order valence-corrected chi connectivity index (χ1v) is 5.46. The van der Waals surface area contributed by atoms with Crippen LogP contribution in [0.4, 0.5) is 0 Å². The molecule has 13 heavy (non-hydrogen) atoms. The molecule has 1 aromatic rings. The molecule has 0 aliphatic heterocycles. The number of carbonyl (C=O) groups excluding carboxylic acids is 1. The molecule has 0 aliphatic carbocycles. The van der Waals surface area contributed by atoms with Crippen molar-refractivity contribution >= 4 is 26.0 Å². The molecule has 70 valence electrons. The molecule has 0 saturated carbocycles. The summed E-state index contributed by atoms with van der Waals surface area (Å²) in [6, 6.07) is 7.69. The second-order valence-electron chi connectivity index (χ2n) is 2.13. The summed E-state index contributed by atoms with van der Waals surface area (Å²) in [6.07, 6.45) is 0. The van der Waals surface area contributed by atoms with Crippen LogP contribution < -0.4 is 0 Å². The quantitative estimate of drug-likeness (QED) is 0.706. The Balaban J connectivity index is 2.82. The first-order chi connectivity index (χ1) is 5.99. The summed E-state index contributed by atoms with van der Waals surface area (Å²) in [5.41, 5.74) is 0.131. The number of carbonyl (C=O) groups is 1. The van der Waals surface area contributed by atoms with Crippen molar-refractivity contribution in [3.8, 4) is 0 Å². The van der Waals surface area contributed by atoms with Gasteiger partial charge in [-0.05, 0) is 12.1 Å². The first kappa shape index (κ1) is 10.0. The van der Waals surface area contributed by atoms with Gasteiger partial charge in [0, 0.05) is 0 Å². The SMILES string of the molecule is O=C(OS(=O)(=O)Cl)c1ccccc1. The minimum atomic E-state index is -4.25. The Kier molecular flexibility index (Phi) is 2.90. The van der Waals surface area contributed by atoms with Crippen molar-refractivity contribution in [3.63, 3.8) is 0 Å². The number of hydrogen-bond acceptors (Lipinski definition) is 4. The van der Waals surface area contributed by atoms with E-state index >= 15 is 0 Å². The number of benzene rings is 1. The number of halogens is 1. The van der Waals surface area contributed by atoms with Crippen LogP contribution in [0.1, 0.15) is 10.4 Å². The highest BCUT2D eigenvalue weighted by atomic mass is 35.7. The van der Waals surface area contributed by atoms with Gasteiger partial charge in [0.05, 0.1) is 16.2 Å². The van der Waals surface area contributed by atoms with E-state index in [2.05, 4.69) is 4.18 Å². The molecule has 0 atom stereocenters. The molecule has 0 radical (unpaired) electrons. The lowest BCUT2D eigenvalue weighted by Crippen LogP contribution is -2.07. The zero-order valence-electron chi connectivity index (χ0n) is 6.31. The van der Waals surface area contributed by atoms with Crippen molar-refractivity contribution in [1.29, 1.82) is 0 Å². The molecule has 0 heterocycles. The lowest BCUT2D eigenvalue weighted by molar-refractivity contribution is 0.0752. The fraction of sp³-hybridized carbons (Fsp3) is 0. The maximum absolute atomic E-state index is 11.0. The van der Waals surface area contributed by atoms with E-state index in [0.29, 0.717) is 0 Å². The first-order valence-electron chi connectivity index (χ1n) is 3.22. The monoisotopic (exact) mass is 220 g/mol. The van der Waals surface area contributed by atoms with Gasteiger partial charge in [-0.15, -0.1) is 0 Å². The molecule has 4 nitrogen and oxygen atoms in total. The van der Waals surface area contributed by atoms with Gasteiger partial charge in [0.1, 0.15) is 0 Å². The predicted octanol–water partition coefficient (Wildman–Crippen LogP) is 1.33. The summed E-state index contributed by atoms with van der Waals surface area (Å²) in [7, 11) is 0.458. The third kappa shape index (κ3) is 3.43. The van der Waals surface area contributed by atoms with Gasteiger partial charge in [-0.3, -0.25) is 0 Å². The molecular weight excluding hydrogens is 216 g/mol.